The van der Waals surface area contributed by atoms with Crippen LogP contribution in [0.3, 0.4) is 0 Å². The minimum atomic E-state index is -0.620. The first kappa shape index (κ1) is 20.3. The van der Waals surface area contributed by atoms with E-state index in [4.69, 9.17) is 5.73 Å². The highest BCUT2D eigenvalue weighted by atomic mass is 35.5. The second-order valence-corrected chi connectivity index (χ2v) is 5.22. The minimum absolute atomic E-state index is 0. The van der Waals surface area contributed by atoms with E-state index in [2.05, 4.69) is 10.6 Å². The number of hydrogen-bond donors (Lipinski definition) is 3. The van der Waals surface area contributed by atoms with Gasteiger partial charge in [-0.2, -0.15) is 0 Å². The second-order valence-electron chi connectivity index (χ2n) is 5.22. The molecule has 7 heteroatoms. The van der Waals surface area contributed by atoms with Crippen LogP contribution in [0.5, 0.6) is 0 Å². The van der Waals surface area contributed by atoms with Gasteiger partial charge in [0.2, 0.25) is 11.8 Å². The summed E-state index contributed by atoms with van der Waals surface area (Å²) >= 11 is 0. The zero-order chi connectivity index (χ0) is 15.8. The molecule has 22 heavy (non-hydrogen) atoms. The van der Waals surface area contributed by atoms with Crippen molar-refractivity contribution in [3.8, 4) is 0 Å². The van der Waals surface area contributed by atoms with Gasteiger partial charge in [0.15, 0.2) is 0 Å². The Hall–Kier alpha value is -1.66. The highest BCUT2D eigenvalue weighted by Crippen LogP contribution is 2.03. The SMILES string of the molecule is CC(C)[C@H](N)C(=O)NCC(=O)NCCc1cccc(F)c1.Cl. The molecule has 0 saturated heterocycles. The monoisotopic (exact) mass is 331 g/mol. The molecule has 0 bridgehead atoms. The Kier molecular flexibility index (Phi) is 9.37. The van der Waals surface area contributed by atoms with Crippen molar-refractivity contribution in [3.05, 3.63) is 35.6 Å². The Morgan fingerprint density at radius 3 is 2.55 bits per heavy atom. The van der Waals surface area contributed by atoms with Crippen molar-refractivity contribution < 1.29 is 14.0 Å². The first-order valence-corrected chi connectivity index (χ1v) is 6.94. The Morgan fingerprint density at radius 2 is 1.95 bits per heavy atom. The van der Waals surface area contributed by atoms with Crippen molar-refractivity contribution in [1.82, 2.24) is 10.6 Å². The number of rotatable bonds is 7. The topological polar surface area (TPSA) is 84.2 Å². The lowest BCUT2D eigenvalue weighted by molar-refractivity contribution is -0.127. The fraction of sp³-hybridized carbons (Fsp3) is 0.467. The van der Waals surface area contributed by atoms with E-state index in [-0.39, 0.29) is 42.5 Å². The van der Waals surface area contributed by atoms with Gasteiger partial charge in [-0.25, -0.2) is 4.39 Å². The molecular weight excluding hydrogens is 309 g/mol. The lowest BCUT2D eigenvalue weighted by Crippen LogP contribution is -2.47. The third-order valence-electron chi connectivity index (χ3n) is 3.07. The van der Waals surface area contributed by atoms with Crippen LogP contribution < -0.4 is 16.4 Å². The van der Waals surface area contributed by atoms with Gasteiger partial charge in [-0.05, 0) is 30.0 Å². The molecule has 0 radical (unpaired) electrons. The van der Waals surface area contributed by atoms with Gasteiger partial charge in [-0.3, -0.25) is 9.59 Å². The molecule has 0 fully saturated rings. The molecule has 1 rings (SSSR count). The summed E-state index contributed by atoms with van der Waals surface area (Å²) in [7, 11) is 0. The maximum absolute atomic E-state index is 13.0. The molecule has 0 aliphatic carbocycles. The number of benzene rings is 1. The molecule has 0 aliphatic rings. The van der Waals surface area contributed by atoms with Crippen molar-refractivity contribution in [2.24, 2.45) is 11.7 Å². The molecule has 4 N–H and O–H groups in total. The van der Waals surface area contributed by atoms with Crippen LogP contribution in [0.4, 0.5) is 4.39 Å². The van der Waals surface area contributed by atoms with Crippen molar-refractivity contribution in [2.45, 2.75) is 26.3 Å². The molecular formula is C15H23ClFN3O2. The van der Waals surface area contributed by atoms with Crippen molar-refractivity contribution in [1.29, 1.82) is 0 Å². The Morgan fingerprint density at radius 1 is 1.27 bits per heavy atom. The molecule has 0 spiro atoms. The third-order valence-corrected chi connectivity index (χ3v) is 3.07. The van der Waals surface area contributed by atoms with Gasteiger partial charge in [-0.15, -0.1) is 12.4 Å². The summed E-state index contributed by atoms with van der Waals surface area (Å²) in [6, 6.07) is 5.59. The van der Waals surface area contributed by atoms with Gasteiger partial charge in [-0.1, -0.05) is 26.0 Å². The van der Waals surface area contributed by atoms with Gasteiger partial charge in [0.05, 0.1) is 12.6 Å². The zero-order valence-corrected chi connectivity index (χ0v) is 13.6. The largest absolute Gasteiger partial charge is 0.354 e. The Labute approximate surface area is 136 Å². The standard InChI is InChI=1S/C15H22FN3O2.ClH/c1-10(2)14(17)15(21)19-9-13(20)18-7-6-11-4-3-5-12(16)8-11;/h3-5,8,10,14H,6-7,9,17H2,1-2H3,(H,18,20)(H,19,21);1H/t14-;/m0./s1. The van der Waals surface area contributed by atoms with Gasteiger partial charge in [0.25, 0.3) is 0 Å². The van der Waals surface area contributed by atoms with Crippen LogP contribution in [0.25, 0.3) is 0 Å². The van der Waals surface area contributed by atoms with E-state index in [0.717, 1.165) is 5.56 Å². The quantitative estimate of drug-likeness (QED) is 0.697. The molecule has 1 aromatic rings. The molecule has 124 valence electrons. The van der Waals surface area contributed by atoms with Crippen LogP contribution in [-0.2, 0) is 16.0 Å². The van der Waals surface area contributed by atoms with Gasteiger partial charge < -0.3 is 16.4 Å². The average Bonchev–Trinajstić information content (AvgIpc) is 2.44. The van der Waals surface area contributed by atoms with Crippen molar-refractivity contribution in [2.75, 3.05) is 13.1 Å². The average molecular weight is 332 g/mol. The molecule has 0 heterocycles. The van der Waals surface area contributed by atoms with E-state index in [1.54, 1.807) is 12.1 Å². The number of nitrogens with two attached hydrogens (primary N) is 1. The highest BCUT2D eigenvalue weighted by molar-refractivity contribution is 5.87. The van der Waals surface area contributed by atoms with Crippen molar-refractivity contribution >= 4 is 24.2 Å². The van der Waals surface area contributed by atoms with Gasteiger partial charge in [0, 0.05) is 6.54 Å². The molecule has 5 nitrogen and oxygen atoms in total. The summed E-state index contributed by atoms with van der Waals surface area (Å²) in [5.74, 6) is -0.921. The summed E-state index contributed by atoms with van der Waals surface area (Å²) in [5.41, 5.74) is 6.46. The van der Waals surface area contributed by atoms with E-state index < -0.39 is 6.04 Å². The molecule has 1 atom stereocenters. The van der Waals surface area contributed by atoms with E-state index in [0.29, 0.717) is 13.0 Å². The predicted molar refractivity (Wildman–Crippen MR) is 86.2 cm³/mol. The Balaban J connectivity index is 0.00000441. The molecule has 0 aliphatic heterocycles. The molecule has 0 unspecified atom stereocenters. The molecule has 0 saturated carbocycles. The normalized spacial score (nSPS) is 11.5. The molecule has 0 aromatic heterocycles. The summed E-state index contributed by atoms with van der Waals surface area (Å²) < 4.78 is 13.0. The van der Waals surface area contributed by atoms with Crippen LogP contribution in [0.1, 0.15) is 19.4 Å². The first-order valence-electron chi connectivity index (χ1n) is 6.94. The number of carbonyl (C=O) groups excluding carboxylic acids is 2. The summed E-state index contributed by atoms with van der Waals surface area (Å²) in [5, 5.41) is 5.14. The minimum Gasteiger partial charge on any atom is -0.354 e. The van der Waals surface area contributed by atoms with E-state index >= 15 is 0 Å². The number of amides is 2. The Bertz CT molecular complexity index is 497. The van der Waals surface area contributed by atoms with E-state index in [9.17, 15) is 14.0 Å². The molecule has 1 aromatic carbocycles. The number of nitrogens with one attached hydrogen (secondary N) is 2. The van der Waals surface area contributed by atoms with Crippen LogP contribution >= 0.6 is 12.4 Å². The van der Waals surface area contributed by atoms with Crippen LogP contribution in [0.15, 0.2) is 24.3 Å². The second kappa shape index (κ2) is 10.1. The smallest absolute Gasteiger partial charge is 0.239 e. The van der Waals surface area contributed by atoms with Crippen molar-refractivity contribution in [3.63, 3.8) is 0 Å². The summed E-state index contributed by atoms with van der Waals surface area (Å²) in [6.07, 6.45) is 0.531. The lowest BCUT2D eigenvalue weighted by Gasteiger charge is -2.15. The highest BCUT2D eigenvalue weighted by Gasteiger charge is 2.17. The predicted octanol–water partition coefficient (Wildman–Crippen LogP) is 1.01. The third kappa shape index (κ3) is 7.38. The van der Waals surface area contributed by atoms with Gasteiger partial charge in [0.1, 0.15) is 5.82 Å². The van der Waals surface area contributed by atoms with Gasteiger partial charge >= 0.3 is 0 Å². The maximum atomic E-state index is 13.0. The fourth-order valence-corrected chi connectivity index (χ4v) is 1.69. The van der Waals surface area contributed by atoms with Crippen LogP contribution in [0, 0.1) is 11.7 Å². The van der Waals surface area contributed by atoms with Crippen LogP contribution in [0.2, 0.25) is 0 Å². The fourth-order valence-electron chi connectivity index (χ4n) is 1.69. The number of hydrogen-bond acceptors (Lipinski definition) is 3. The first-order chi connectivity index (χ1) is 9.90. The summed E-state index contributed by atoms with van der Waals surface area (Å²) in [4.78, 5) is 23.1. The van der Waals surface area contributed by atoms with Crippen LogP contribution in [-0.4, -0.2) is 30.9 Å². The van der Waals surface area contributed by atoms with E-state index in [1.807, 2.05) is 13.8 Å². The maximum Gasteiger partial charge on any atom is 0.239 e. The van der Waals surface area contributed by atoms with E-state index in [1.165, 1.54) is 12.1 Å². The molecule has 2 amide bonds. The number of halogens is 2. The summed E-state index contributed by atoms with van der Waals surface area (Å²) in [6.45, 7) is 3.95. The zero-order valence-electron chi connectivity index (χ0n) is 12.8. The lowest BCUT2D eigenvalue weighted by atomic mass is 10.1. The number of carbonyl (C=O) groups is 2.